The monoisotopic (exact) mass is 286 g/mol. The lowest BCUT2D eigenvalue weighted by atomic mass is 9.49. The number of hydrogen-bond acceptors (Lipinski definition) is 2. The second-order valence-corrected chi connectivity index (χ2v) is 8.39. The molecule has 0 bridgehead atoms. The molecule has 2 nitrogen and oxygen atoms in total. The van der Waals surface area contributed by atoms with Crippen LogP contribution in [-0.2, 0) is 9.59 Å². The van der Waals surface area contributed by atoms with Crippen LogP contribution in [0.1, 0.15) is 65.2 Å². The Hall–Kier alpha value is -0.920. The van der Waals surface area contributed by atoms with E-state index in [1.165, 1.54) is 12.8 Å². The van der Waals surface area contributed by atoms with Gasteiger partial charge in [0.15, 0.2) is 0 Å². The molecule has 4 rings (SSSR count). The smallest absolute Gasteiger partial charge is 0.139 e. The standard InChI is InChI=1S/C19H26O2/c1-18-9-7-13(20)11-12(18)3-4-14-15-5-6-17(21)19(15,2)10-8-16(14)18/h8,12,14-15H,3-7,9-11H2,1-2H3/t12-,14+,15+,18+,19+/m0/s1. The average molecular weight is 286 g/mol. The molecule has 0 aliphatic heterocycles. The summed E-state index contributed by atoms with van der Waals surface area (Å²) in [6, 6.07) is 0. The Morgan fingerprint density at radius 3 is 2.67 bits per heavy atom. The van der Waals surface area contributed by atoms with E-state index in [2.05, 4.69) is 19.9 Å². The van der Waals surface area contributed by atoms with E-state index in [-0.39, 0.29) is 10.8 Å². The van der Waals surface area contributed by atoms with Gasteiger partial charge in [-0.25, -0.2) is 0 Å². The van der Waals surface area contributed by atoms with Crippen LogP contribution in [0.5, 0.6) is 0 Å². The van der Waals surface area contributed by atoms with Crippen molar-refractivity contribution < 1.29 is 9.59 Å². The third-order valence-corrected chi connectivity index (χ3v) is 7.55. The molecule has 4 aliphatic carbocycles. The van der Waals surface area contributed by atoms with Crippen molar-refractivity contribution >= 4 is 11.6 Å². The van der Waals surface area contributed by atoms with E-state index in [4.69, 9.17) is 0 Å². The maximum absolute atomic E-state index is 12.3. The molecule has 0 spiro atoms. The molecule has 0 amide bonds. The first kappa shape index (κ1) is 13.7. The van der Waals surface area contributed by atoms with Crippen molar-refractivity contribution in [1.29, 1.82) is 0 Å². The molecule has 3 saturated carbocycles. The molecule has 0 aromatic heterocycles. The van der Waals surface area contributed by atoms with Crippen LogP contribution in [0, 0.1) is 28.6 Å². The van der Waals surface area contributed by atoms with Crippen LogP contribution in [0.2, 0.25) is 0 Å². The van der Waals surface area contributed by atoms with Gasteiger partial charge in [-0.15, -0.1) is 0 Å². The molecule has 3 fully saturated rings. The van der Waals surface area contributed by atoms with Crippen LogP contribution in [-0.4, -0.2) is 11.6 Å². The van der Waals surface area contributed by atoms with Gasteiger partial charge in [0.2, 0.25) is 0 Å². The summed E-state index contributed by atoms with van der Waals surface area (Å²) in [5.41, 5.74) is 1.79. The number of fused-ring (bicyclic) bond motifs is 5. The molecule has 0 aromatic carbocycles. The SMILES string of the molecule is C[C@@]12CCC(=O)C[C@@H]1CC[C@H]1C2=CC[C@@]2(C)C(=O)CC[C@H]12. The molecule has 0 unspecified atom stereocenters. The third kappa shape index (κ3) is 1.71. The highest BCUT2D eigenvalue weighted by Crippen LogP contribution is 2.62. The normalized spacial score (nSPS) is 49.2. The zero-order valence-electron chi connectivity index (χ0n) is 13.3. The van der Waals surface area contributed by atoms with Gasteiger partial charge in [0.25, 0.3) is 0 Å². The first-order chi connectivity index (χ1) is 9.95. The van der Waals surface area contributed by atoms with Gasteiger partial charge in [-0.2, -0.15) is 0 Å². The second-order valence-electron chi connectivity index (χ2n) is 8.39. The average Bonchev–Trinajstić information content (AvgIpc) is 2.76. The van der Waals surface area contributed by atoms with Crippen LogP contribution in [0.25, 0.3) is 0 Å². The number of hydrogen-bond donors (Lipinski definition) is 0. The number of ketones is 2. The Kier molecular flexibility index (Phi) is 2.81. The van der Waals surface area contributed by atoms with Gasteiger partial charge in [-0.1, -0.05) is 25.5 Å². The number of Topliss-reactive ketones (excluding diaryl/α,β-unsaturated/α-hetero) is 2. The number of rotatable bonds is 0. The summed E-state index contributed by atoms with van der Waals surface area (Å²) in [4.78, 5) is 24.2. The van der Waals surface area contributed by atoms with Gasteiger partial charge < -0.3 is 0 Å². The lowest BCUT2D eigenvalue weighted by molar-refractivity contribution is -0.128. The van der Waals surface area contributed by atoms with Gasteiger partial charge in [0.1, 0.15) is 11.6 Å². The van der Waals surface area contributed by atoms with Crippen molar-refractivity contribution in [3.63, 3.8) is 0 Å². The summed E-state index contributed by atoms with van der Waals surface area (Å²) in [5.74, 6) is 2.70. The quantitative estimate of drug-likeness (QED) is 0.629. The molecule has 0 aromatic rings. The van der Waals surface area contributed by atoms with Crippen molar-refractivity contribution in [2.24, 2.45) is 28.6 Å². The maximum atomic E-state index is 12.3. The summed E-state index contributed by atoms with van der Waals surface area (Å²) < 4.78 is 0. The fourth-order valence-electron chi connectivity index (χ4n) is 6.10. The first-order valence-electron chi connectivity index (χ1n) is 8.71. The number of allylic oxidation sites excluding steroid dienone is 2. The molecule has 0 radical (unpaired) electrons. The molecule has 0 heterocycles. The molecule has 21 heavy (non-hydrogen) atoms. The first-order valence-corrected chi connectivity index (χ1v) is 8.71. The summed E-state index contributed by atoms with van der Waals surface area (Å²) in [6.45, 7) is 4.61. The minimum Gasteiger partial charge on any atom is -0.300 e. The summed E-state index contributed by atoms with van der Waals surface area (Å²) in [6.07, 6.45) is 10.2. The van der Waals surface area contributed by atoms with E-state index in [0.717, 1.165) is 38.5 Å². The second kappa shape index (κ2) is 4.30. The van der Waals surface area contributed by atoms with E-state index in [1.54, 1.807) is 5.57 Å². The highest BCUT2D eigenvalue weighted by atomic mass is 16.1. The zero-order chi connectivity index (χ0) is 14.8. The predicted molar refractivity (Wildman–Crippen MR) is 81.7 cm³/mol. The van der Waals surface area contributed by atoms with Crippen molar-refractivity contribution in [2.45, 2.75) is 65.2 Å². The van der Waals surface area contributed by atoms with Crippen LogP contribution >= 0.6 is 0 Å². The lowest BCUT2D eigenvalue weighted by Crippen LogP contribution is -2.48. The molecule has 5 atom stereocenters. The fourth-order valence-corrected chi connectivity index (χ4v) is 6.10. The van der Waals surface area contributed by atoms with E-state index in [9.17, 15) is 9.59 Å². The minimum absolute atomic E-state index is 0.0815. The maximum Gasteiger partial charge on any atom is 0.139 e. The molecule has 0 saturated heterocycles. The van der Waals surface area contributed by atoms with Crippen LogP contribution in [0.3, 0.4) is 0 Å². The van der Waals surface area contributed by atoms with Crippen molar-refractivity contribution in [3.8, 4) is 0 Å². The molecular formula is C19H26O2. The number of carbonyl (C=O) groups is 2. The largest absolute Gasteiger partial charge is 0.300 e. The molecule has 4 aliphatic rings. The molecule has 0 N–H and O–H groups in total. The van der Waals surface area contributed by atoms with E-state index < -0.39 is 0 Å². The Morgan fingerprint density at radius 1 is 1.05 bits per heavy atom. The highest BCUT2D eigenvalue weighted by Gasteiger charge is 2.56. The van der Waals surface area contributed by atoms with E-state index >= 15 is 0 Å². The molecule has 114 valence electrons. The van der Waals surface area contributed by atoms with Gasteiger partial charge in [-0.3, -0.25) is 9.59 Å². The van der Waals surface area contributed by atoms with Crippen molar-refractivity contribution in [2.75, 3.05) is 0 Å². The predicted octanol–water partition coefficient (Wildman–Crippen LogP) is 4.09. The van der Waals surface area contributed by atoms with Crippen LogP contribution < -0.4 is 0 Å². The minimum atomic E-state index is -0.0815. The van der Waals surface area contributed by atoms with E-state index in [0.29, 0.717) is 29.3 Å². The van der Waals surface area contributed by atoms with Crippen molar-refractivity contribution in [3.05, 3.63) is 11.6 Å². The Balaban J connectivity index is 1.72. The highest BCUT2D eigenvalue weighted by molar-refractivity contribution is 5.87. The summed E-state index contributed by atoms with van der Waals surface area (Å²) >= 11 is 0. The molecule has 2 heteroatoms. The zero-order valence-corrected chi connectivity index (χ0v) is 13.3. The summed E-state index contributed by atoms with van der Waals surface area (Å²) in [7, 11) is 0. The lowest BCUT2D eigenvalue weighted by Gasteiger charge is -2.54. The topological polar surface area (TPSA) is 34.1 Å². The fraction of sp³-hybridized carbons (Fsp3) is 0.789. The Bertz CT molecular complexity index is 546. The summed E-state index contributed by atoms with van der Waals surface area (Å²) in [5, 5.41) is 0. The van der Waals surface area contributed by atoms with Crippen LogP contribution in [0.4, 0.5) is 0 Å². The van der Waals surface area contributed by atoms with E-state index in [1.807, 2.05) is 0 Å². The van der Waals surface area contributed by atoms with Gasteiger partial charge >= 0.3 is 0 Å². The van der Waals surface area contributed by atoms with Crippen molar-refractivity contribution in [1.82, 2.24) is 0 Å². The van der Waals surface area contributed by atoms with Gasteiger partial charge in [0.05, 0.1) is 0 Å². The van der Waals surface area contributed by atoms with Crippen LogP contribution in [0.15, 0.2) is 11.6 Å². The third-order valence-electron chi connectivity index (χ3n) is 7.55. The Morgan fingerprint density at radius 2 is 1.86 bits per heavy atom. The number of carbonyl (C=O) groups excluding carboxylic acids is 2. The van der Waals surface area contributed by atoms with Gasteiger partial charge in [0, 0.05) is 24.7 Å². The molecular weight excluding hydrogens is 260 g/mol. The van der Waals surface area contributed by atoms with Gasteiger partial charge in [-0.05, 0) is 55.3 Å². The Labute approximate surface area is 127 Å².